The number of nitrogens with zero attached hydrogens (tertiary/aromatic N) is 2. The molecule has 18 heavy (non-hydrogen) atoms. The van der Waals surface area contributed by atoms with Crippen LogP contribution in [0.1, 0.15) is 19.7 Å². The van der Waals surface area contributed by atoms with Gasteiger partial charge in [0.05, 0.1) is 5.56 Å². The van der Waals surface area contributed by atoms with Crippen molar-refractivity contribution < 1.29 is 14.4 Å². The lowest BCUT2D eigenvalue weighted by Gasteiger charge is -2.17. The number of phenolic OH excluding ortho intramolecular Hbond substituents is 1. The molecular weight excluding hydrogens is 256 g/mol. The number of methoxy groups -OCH3 is 1. The van der Waals surface area contributed by atoms with E-state index in [9.17, 15) is 5.11 Å². The van der Waals surface area contributed by atoms with Gasteiger partial charge >= 0.3 is 0 Å². The van der Waals surface area contributed by atoms with Gasteiger partial charge in [-0.1, -0.05) is 16.8 Å². The number of benzene rings is 1. The third-order valence-corrected chi connectivity index (χ3v) is 2.90. The van der Waals surface area contributed by atoms with Gasteiger partial charge in [0, 0.05) is 12.1 Å². The number of aromatic nitrogens is 2. The summed E-state index contributed by atoms with van der Waals surface area (Å²) in [5.74, 6) is 0.638. The summed E-state index contributed by atoms with van der Waals surface area (Å²) in [7, 11) is 1.56. The quantitative estimate of drug-likeness (QED) is 0.927. The summed E-state index contributed by atoms with van der Waals surface area (Å²) < 4.78 is 10.4. The van der Waals surface area contributed by atoms with Crippen LogP contribution in [0.5, 0.6) is 5.75 Å². The number of rotatable bonds is 3. The molecule has 1 heterocycles. The van der Waals surface area contributed by atoms with Crippen LogP contribution in [0.4, 0.5) is 0 Å². The van der Waals surface area contributed by atoms with E-state index >= 15 is 0 Å². The molecule has 2 aromatic rings. The first-order chi connectivity index (χ1) is 8.44. The van der Waals surface area contributed by atoms with Crippen molar-refractivity contribution in [2.45, 2.75) is 19.4 Å². The zero-order chi connectivity index (χ0) is 13.3. The second-order valence-electron chi connectivity index (χ2n) is 4.30. The Balaban J connectivity index is 2.44. The van der Waals surface area contributed by atoms with E-state index in [1.54, 1.807) is 19.2 Å². The van der Waals surface area contributed by atoms with Gasteiger partial charge in [-0.25, -0.2) is 0 Å². The van der Waals surface area contributed by atoms with Gasteiger partial charge in [-0.2, -0.15) is 4.98 Å². The zero-order valence-corrected chi connectivity index (χ0v) is 11.0. The minimum Gasteiger partial charge on any atom is -0.507 e. The van der Waals surface area contributed by atoms with E-state index in [0.29, 0.717) is 16.4 Å². The fourth-order valence-electron chi connectivity index (χ4n) is 1.35. The molecule has 1 N–H and O–H groups in total. The van der Waals surface area contributed by atoms with Crippen LogP contribution in [0.2, 0.25) is 5.02 Å². The molecule has 0 amide bonds. The van der Waals surface area contributed by atoms with E-state index in [1.165, 1.54) is 6.07 Å². The second kappa shape index (κ2) is 4.59. The SMILES string of the molecule is COC(C)(C)c1noc(-c2cc(Cl)ccc2O)n1. The molecule has 0 unspecified atom stereocenters. The van der Waals surface area contributed by atoms with Gasteiger partial charge in [0.2, 0.25) is 5.82 Å². The standard InChI is InChI=1S/C12H13ClN2O3/c1-12(2,17-3)11-14-10(18-15-11)8-6-7(13)4-5-9(8)16/h4-6,16H,1-3H3. The van der Waals surface area contributed by atoms with E-state index in [4.69, 9.17) is 20.9 Å². The summed E-state index contributed by atoms with van der Waals surface area (Å²) in [5, 5.41) is 14.1. The molecule has 0 atom stereocenters. The molecule has 0 bridgehead atoms. The van der Waals surface area contributed by atoms with Crippen LogP contribution in [0.15, 0.2) is 22.7 Å². The molecule has 0 aliphatic heterocycles. The predicted octanol–water partition coefficient (Wildman–Crippen LogP) is 2.98. The fourth-order valence-corrected chi connectivity index (χ4v) is 1.52. The lowest BCUT2D eigenvalue weighted by molar-refractivity contribution is 0.00973. The first kappa shape index (κ1) is 12.9. The smallest absolute Gasteiger partial charge is 0.261 e. The number of hydrogen-bond donors (Lipinski definition) is 1. The van der Waals surface area contributed by atoms with E-state index in [2.05, 4.69) is 10.1 Å². The Hall–Kier alpha value is -1.59. The van der Waals surface area contributed by atoms with Crippen molar-refractivity contribution >= 4 is 11.6 Å². The summed E-state index contributed by atoms with van der Waals surface area (Å²) in [6, 6.07) is 4.62. The van der Waals surface area contributed by atoms with Crippen LogP contribution < -0.4 is 0 Å². The number of phenols is 1. The van der Waals surface area contributed by atoms with Crippen LogP contribution in [-0.2, 0) is 10.3 Å². The highest BCUT2D eigenvalue weighted by Gasteiger charge is 2.27. The van der Waals surface area contributed by atoms with Crippen LogP contribution in [0.3, 0.4) is 0 Å². The van der Waals surface area contributed by atoms with Crippen molar-refractivity contribution in [3.63, 3.8) is 0 Å². The van der Waals surface area contributed by atoms with Gasteiger partial charge in [0.15, 0.2) is 0 Å². The molecule has 0 radical (unpaired) electrons. The molecule has 1 aromatic heterocycles. The first-order valence-electron chi connectivity index (χ1n) is 5.32. The van der Waals surface area contributed by atoms with Crippen molar-refractivity contribution in [2.75, 3.05) is 7.11 Å². The Bertz CT molecular complexity index is 566. The highest BCUT2D eigenvalue weighted by atomic mass is 35.5. The van der Waals surface area contributed by atoms with Crippen molar-refractivity contribution in [2.24, 2.45) is 0 Å². The first-order valence-corrected chi connectivity index (χ1v) is 5.70. The summed E-state index contributed by atoms with van der Waals surface area (Å²) in [6.07, 6.45) is 0. The molecule has 0 saturated heterocycles. The monoisotopic (exact) mass is 268 g/mol. The van der Waals surface area contributed by atoms with Crippen LogP contribution in [0, 0.1) is 0 Å². The maximum Gasteiger partial charge on any atom is 0.261 e. The van der Waals surface area contributed by atoms with E-state index in [-0.39, 0.29) is 11.6 Å². The second-order valence-corrected chi connectivity index (χ2v) is 4.74. The molecule has 96 valence electrons. The summed E-state index contributed by atoms with van der Waals surface area (Å²) >= 11 is 5.87. The molecule has 5 nitrogen and oxygen atoms in total. The summed E-state index contributed by atoms with van der Waals surface area (Å²) in [5.41, 5.74) is -0.260. The lowest BCUT2D eigenvalue weighted by atomic mass is 10.1. The maximum absolute atomic E-state index is 9.74. The molecule has 6 heteroatoms. The average Bonchev–Trinajstić information content (AvgIpc) is 2.82. The molecule has 0 saturated carbocycles. The molecule has 2 rings (SSSR count). The third kappa shape index (κ3) is 2.32. The van der Waals surface area contributed by atoms with E-state index in [0.717, 1.165) is 0 Å². The van der Waals surface area contributed by atoms with Gasteiger partial charge in [0.25, 0.3) is 5.89 Å². The van der Waals surface area contributed by atoms with Gasteiger partial charge < -0.3 is 14.4 Å². The summed E-state index contributed by atoms with van der Waals surface area (Å²) in [6.45, 7) is 3.64. The maximum atomic E-state index is 9.74. The lowest BCUT2D eigenvalue weighted by Crippen LogP contribution is -2.21. The largest absolute Gasteiger partial charge is 0.507 e. The number of aromatic hydroxyl groups is 1. The molecule has 0 fully saturated rings. The molecular formula is C12H13ClN2O3. The fraction of sp³-hybridized carbons (Fsp3) is 0.333. The highest BCUT2D eigenvalue weighted by Crippen LogP contribution is 2.32. The van der Waals surface area contributed by atoms with E-state index < -0.39 is 5.60 Å². The van der Waals surface area contributed by atoms with Crippen LogP contribution in [0.25, 0.3) is 11.5 Å². The molecule has 0 aliphatic carbocycles. The Morgan fingerprint density at radius 2 is 2.11 bits per heavy atom. The Morgan fingerprint density at radius 1 is 1.39 bits per heavy atom. The zero-order valence-electron chi connectivity index (χ0n) is 10.3. The molecule has 1 aromatic carbocycles. The van der Waals surface area contributed by atoms with Gasteiger partial charge in [-0.15, -0.1) is 0 Å². The average molecular weight is 269 g/mol. The highest BCUT2D eigenvalue weighted by molar-refractivity contribution is 6.30. The normalized spacial score (nSPS) is 11.8. The van der Waals surface area contributed by atoms with Gasteiger partial charge in [0.1, 0.15) is 11.4 Å². The number of halogens is 1. The third-order valence-electron chi connectivity index (χ3n) is 2.66. The minimum absolute atomic E-state index is 0.0322. The molecule has 0 aliphatic rings. The minimum atomic E-state index is -0.657. The van der Waals surface area contributed by atoms with Crippen LogP contribution >= 0.6 is 11.6 Å². The topological polar surface area (TPSA) is 68.4 Å². The Kier molecular flexibility index (Phi) is 3.28. The number of hydrogen-bond acceptors (Lipinski definition) is 5. The number of ether oxygens (including phenoxy) is 1. The van der Waals surface area contributed by atoms with Gasteiger partial charge in [-0.05, 0) is 32.0 Å². The van der Waals surface area contributed by atoms with Crippen molar-refractivity contribution in [3.8, 4) is 17.2 Å². The predicted molar refractivity (Wildman–Crippen MR) is 66.4 cm³/mol. The van der Waals surface area contributed by atoms with Crippen molar-refractivity contribution in [1.82, 2.24) is 10.1 Å². The Labute approximate surface area is 109 Å². The van der Waals surface area contributed by atoms with E-state index in [1.807, 2.05) is 13.8 Å². The summed E-state index contributed by atoms with van der Waals surface area (Å²) in [4.78, 5) is 4.20. The Morgan fingerprint density at radius 3 is 2.78 bits per heavy atom. The van der Waals surface area contributed by atoms with Crippen LogP contribution in [-0.4, -0.2) is 22.4 Å². The molecule has 0 spiro atoms. The van der Waals surface area contributed by atoms with Gasteiger partial charge in [-0.3, -0.25) is 0 Å². The van der Waals surface area contributed by atoms with Crippen molar-refractivity contribution in [1.29, 1.82) is 0 Å². The van der Waals surface area contributed by atoms with Crippen molar-refractivity contribution in [3.05, 3.63) is 29.0 Å².